The minimum absolute atomic E-state index is 0.0787. The highest BCUT2D eigenvalue weighted by molar-refractivity contribution is 7.91. The largest absolute Gasteiger partial charge is 0.355 e. The van der Waals surface area contributed by atoms with Crippen molar-refractivity contribution in [2.24, 2.45) is 5.92 Å². The minimum Gasteiger partial charge on any atom is -0.355 e. The Bertz CT molecular complexity index is 836. The van der Waals surface area contributed by atoms with Crippen LogP contribution < -0.4 is 5.32 Å². The van der Waals surface area contributed by atoms with E-state index < -0.39 is 10.0 Å². The van der Waals surface area contributed by atoms with Crippen LogP contribution in [0.4, 0.5) is 0 Å². The quantitative estimate of drug-likeness (QED) is 0.792. The normalized spacial score (nSPS) is 18.6. The Morgan fingerprint density at radius 2 is 2.04 bits per heavy atom. The number of benzene rings is 1. The predicted molar refractivity (Wildman–Crippen MR) is 104 cm³/mol. The maximum atomic E-state index is 12.6. The van der Waals surface area contributed by atoms with E-state index in [2.05, 4.69) is 5.32 Å². The second-order valence-electron chi connectivity index (χ2n) is 6.30. The van der Waals surface area contributed by atoms with Crippen molar-refractivity contribution in [3.05, 3.63) is 52.4 Å². The first-order valence-electron chi connectivity index (χ1n) is 8.52. The fraction of sp³-hybridized carbons (Fsp3) is 0.389. The number of sulfonamides is 1. The molecule has 26 heavy (non-hydrogen) atoms. The van der Waals surface area contributed by atoms with Gasteiger partial charge in [-0.3, -0.25) is 4.79 Å². The lowest BCUT2D eigenvalue weighted by Gasteiger charge is -2.30. The van der Waals surface area contributed by atoms with Crippen molar-refractivity contribution in [1.29, 1.82) is 0 Å². The molecular formula is C18H21ClN2O3S2. The van der Waals surface area contributed by atoms with E-state index in [0.29, 0.717) is 41.6 Å². The lowest BCUT2D eigenvalue weighted by molar-refractivity contribution is -0.126. The first kappa shape index (κ1) is 19.4. The van der Waals surface area contributed by atoms with Crippen LogP contribution in [-0.4, -0.2) is 38.3 Å². The lowest BCUT2D eigenvalue weighted by Crippen LogP contribution is -2.45. The molecule has 8 heteroatoms. The van der Waals surface area contributed by atoms with E-state index in [1.165, 1.54) is 15.6 Å². The van der Waals surface area contributed by atoms with Crippen molar-refractivity contribution in [3.63, 3.8) is 0 Å². The summed E-state index contributed by atoms with van der Waals surface area (Å²) in [6.45, 7) is 1.23. The summed E-state index contributed by atoms with van der Waals surface area (Å²) in [4.78, 5) is 12.5. The van der Waals surface area contributed by atoms with Crippen molar-refractivity contribution in [1.82, 2.24) is 9.62 Å². The SMILES string of the molecule is O=C(NCCc1ccc(Cl)cc1)C1CCCN(S(=O)(=O)c2cccs2)C1. The van der Waals surface area contributed by atoms with Crippen LogP contribution in [0.25, 0.3) is 0 Å². The average Bonchev–Trinajstić information content (AvgIpc) is 3.19. The molecule has 0 radical (unpaired) electrons. The van der Waals surface area contributed by atoms with E-state index in [4.69, 9.17) is 11.6 Å². The molecule has 1 atom stereocenters. The van der Waals surface area contributed by atoms with Crippen LogP contribution in [0.3, 0.4) is 0 Å². The molecule has 1 aliphatic heterocycles. The zero-order chi connectivity index (χ0) is 18.6. The summed E-state index contributed by atoms with van der Waals surface area (Å²) in [6, 6.07) is 10.9. The van der Waals surface area contributed by atoms with Gasteiger partial charge in [-0.05, 0) is 48.4 Å². The molecule has 0 saturated carbocycles. The van der Waals surface area contributed by atoms with Gasteiger partial charge in [0, 0.05) is 24.7 Å². The monoisotopic (exact) mass is 412 g/mol. The van der Waals surface area contributed by atoms with Gasteiger partial charge in [0.05, 0.1) is 5.92 Å². The standard InChI is InChI=1S/C18H21ClN2O3S2/c19-16-7-5-14(6-8-16)9-10-20-18(22)15-3-1-11-21(13-15)26(23,24)17-4-2-12-25-17/h2,4-8,12,15H,1,3,9-11,13H2,(H,20,22). The van der Waals surface area contributed by atoms with E-state index in [9.17, 15) is 13.2 Å². The number of rotatable bonds is 6. The van der Waals surface area contributed by atoms with Gasteiger partial charge >= 0.3 is 0 Å². The molecule has 0 spiro atoms. The van der Waals surface area contributed by atoms with E-state index in [-0.39, 0.29) is 18.4 Å². The van der Waals surface area contributed by atoms with Crippen molar-refractivity contribution in [2.75, 3.05) is 19.6 Å². The average molecular weight is 413 g/mol. The van der Waals surface area contributed by atoms with Gasteiger partial charge < -0.3 is 5.32 Å². The summed E-state index contributed by atoms with van der Waals surface area (Å²) < 4.78 is 27.0. The topological polar surface area (TPSA) is 66.5 Å². The van der Waals surface area contributed by atoms with Crippen LogP contribution in [0.5, 0.6) is 0 Å². The number of thiophene rings is 1. The molecule has 1 aromatic heterocycles. The molecule has 2 heterocycles. The molecule has 140 valence electrons. The van der Waals surface area contributed by atoms with E-state index >= 15 is 0 Å². The molecule has 1 aliphatic rings. The molecule has 1 amide bonds. The Balaban J connectivity index is 1.54. The van der Waals surface area contributed by atoms with Crippen molar-refractivity contribution >= 4 is 38.9 Å². The van der Waals surface area contributed by atoms with Gasteiger partial charge in [0.15, 0.2) is 0 Å². The summed E-state index contributed by atoms with van der Waals surface area (Å²) in [5, 5.41) is 5.37. The molecule has 3 rings (SSSR count). The number of nitrogens with one attached hydrogen (secondary N) is 1. The number of amides is 1. The zero-order valence-corrected chi connectivity index (χ0v) is 16.6. The Kier molecular flexibility index (Phi) is 6.34. The van der Waals surface area contributed by atoms with E-state index in [0.717, 1.165) is 5.56 Å². The van der Waals surface area contributed by atoms with E-state index in [1.54, 1.807) is 17.5 Å². The van der Waals surface area contributed by atoms with Gasteiger partial charge in [-0.15, -0.1) is 11.3 Å². The fourth-order valence-corrected chi connectivity index (χ4v) is 5.83. The number of carbonyl (C=O) groups is 1. The van der Waals surface area contributed by atoms with Crippen LogP contribution in [0.2, 0.25) is 5.02 Å². The highest BCUT2D eigenvalue weighted by Crippen LogP contribution is 2.26. The first-order chi connectivity index (χ1) is 12.5. The Hall–Kier alpha value is -1.41. The van der Waals surface area contributed by atoms with Crippen LogP contribution in [0, 0.1) is 5.92 Å². The third-order valence-electron chi connectivity index (χ3n) is 4.47. The number of nitrogens with zero attached hydrogens (tertiary/aromatic N) is 1. The summed E-state index contributed by atoms with van der Waals surface area (Å²) >= 11 is 7.07. The number of piperidine rings is 1. The maximum absolute atomic E-state index is 12.6. The second kappa shape index (κ2) is 8.52. The van der Waals surface area contributed by atoms with Crippen LogP contribution in [-0.2, 0) is 21.2 Å². The summed E-state index contributed by atoms with van der Waals surface area (Å²) in [6.07, 6.45) is 2.12. The zero-order valence-electron chi connectivity index (χ0n) is 14.2. The van der Waals surface area contributed by atoms with Crippen molar-refractivity contribution < 1.29 is 13.2 Å². The van der Waals surface area contributed by atoms with Crippen LogP contribution in [0.1, 0.15) is 18.4 Å². The summed E-state index contributed by atoms with van der Waals surface area (Å²) in [5.74, 6) is -0.381. The Labute approximate surface area is 163 Å². The smallest absolute Gasteiger partial charge is 0.252 e. The van der Waals surface area contributed by atoms with Crippen LogP contribution in [0.15, 0.2) is 46.0 Å². The molecule has 1 fully saturated rings. The summed E-state index contributed by atoms with van der Waals surface area (Å²) in [7, 11) is -3.49. The lowest BCUT2D eigenvalue weighted by atomic mass is 9.99. The number of hydrogen-bond acceptors (Lipinski definition) is 4. The summed E-state index contributed by atoms with van der Waals surface area (Å²) in [5.41, 5.74) is 1.10. The molecule has 5 nitrogen and oxygen atoms in total. The molecule has 0 aliphatic carbocycles. The van der Waals surface area contributed by atoms with Crippen molar-refractivity contribution in [3.8, 4) is 0 Å². The number of carbonyl (C=O) groups excluding carboxylic acids is 1. The fourth-order valence-electron chi connectivity index (χ4n) is 3.04. The van der Waals surface area contributed by atoms with Gasteiger partial charge in [0.1, 0.15) is 4.21 Å². The third-order valence-corrected chi connectivity index (χ3v) is 7.96. The second-order valence-corrected chi connectivity index (χ2v) is 9.85. The number of halogens is 1. The van der Waals surface area contributed by atoms with Gasteiger partial charge in [-0.1, -0.05) is 29.8 Å². The highest BCUT2D eigenvalue weighted by Gasteiger charge is 2.33. The van der Waals surface area contributed by atoms with Gasteiger partial charge in [0.2, 0.25) is 5.91 Å². The Morgan fingerprint density at radius 1 is 1.27 bits per heavy atom. The number of hydrogen-bond donors (Lipinski definition) is 1. The van der Waals surface area contributed by atoms with Crippen LogP contribution >= 0.6 is 22.9 Å². The minimum atomic E-state index is -3.49. The molecule has 1 saturated heterocycles. The first-order valence-corrected chi connectivity index (χ1v) is 11.2. The molecule has 1 aromatic carbocycles. The molecule has 2 aromatic rings. The van der Waals surface area contributed by atoms with Gasteiger partial charge in [-0.2, -0.15) is 4.31 Å². The molecular weight excluding hydrogens is 392 g/mol. The van der Waals surface area contributed by atoms with Gasteiger partial charge in [-0.25, -0.2) is 8.42 Å². The Morgan fingerprint density at radius 3 is 2.73 bits per heavy atom. The molecule has 1 unspecified atom stereocenters. The highest BCUT2D eigenvalue weighted by atomic mass is 35.5. The maximum Gasteiger partial charge on any atom is 0.252 e. The van der Waals surface area contributed by atoms with Crippen molar-refractivity contribution in [2.45, 2.75) is 23.5 Å². The van der Waals surface area contributed by atoms with Gasteiger partial charge in [0.25, 0.3) is 10.0 Å². The molecule has 0 bridgehead atoms. The van der Waals surface area contributed by atoms with E-state index in [1.807, 2.05) is 24.3 Å². The third kappa shape index (κ3) is 4.65. The predicted octanol–water partition coefficient (Wildman–Crippen LogP) is 3.16. The molecule has 1 N–H and O–H groups in total.